The maximum Gasteiger partial charge on any atom is 0.264 e. The lowest BCUT2D eigenvalue weighted by atomic mass is 10.0. The van der Waals surface area contributed by atoms with Crippen molar-refractivity contribution in [1.29, 1.82) is 0 Å². The Morgan fingerprint density at radius 3 is 2.15 bits per heavy atom. The zero-order chi connectivity index (χ0) is 32.5. The van der Waals surface area contributed by atoms with Crippen LogP contribution < -0.4 is 14.4 Å². The van der Waals surface area contributed by atoms with Crippen LogP contribution in [0.1, 0.15) is 36.8 Å². The summed E-state index contributed by atoms with van der Waals surface area (Å²) in [5.74, 6) is -0.849. The third-order valence-electron chi connectivity index (χ3n) is 8.18. The van der Waals surface area contributed by atoms with E-state index in [0.717, 1.165) is 47.7 Å². The molecule has 0 radical (unpaired) electrons. The lowest BCUT2D eigenvalue weighted by Gasteiger charge is -2.34. The third kappa shape index (κ3) is 8.11. The first kappa shape index (κ1) is 32.7. The Hall–Kier alpha value is -4.70. The van der Waals surface area contributed by atoms with Crippen LogP contribution in [0.2, 0.25) is 0 Å². The Bertz CT molecular complexity index is 1710. The Morgan fingerprint density at radius 1 is 0.870 bits per heavy atom. The van der Waals surface area contributed by atoms with Crippen LogP contribution >= 0.6 is 0 Å². The van der Waals surface area contributed by atoms with Gasteiger partial charge in [0.2, 0.25) is 11.8 Å². The minimum absolute atomic E-state index is 0.00807. The van der Waals surface area contributed by atoms with Crippen molar-refractivity contribution in [3.05, 3.63) is 126 Å². The van der Waals surface area contributed by atoms with Crippen molar-refractivity contribution in [2.75, 3.05) is 18.0 Å². The molecule has 1 fully saturated rings. The number of hydrogen-bond donors (Lipinski definition) is 1. The van der Waals surface area contributed by atoms with Gasteiger partial charge in [-0.1, -0.05) is 73.5 Å². The molecule has 1 atom stereocenters. The van der Waals surface area contributed by atoms with Crippen molar-refractivity contribution in [3.8, 4) is 5.75 Å². The van der Waals surface area contributed by atoms with Crippen LogP contribution in [-0.4, -0.2) is 50.9 Å². The van der Waals surface area contributed by atoms with E-state index in [1.807, 2.05) is 36.4 Å². The number of rotatable bonds is 13. The molecule has 4 aromatic carbocycles. The van der Waals surface area contributed by atoms with Crippen molar-refractivity contribution in [3.63, 3.8) is 0 Å². The normalized spacial score (nSPS) is 14.0. The SMILES string of the molecule is COc1cccc(CN(C(=O)CN(c2ccc(F)cc2)S(=O)(=O)c2ccccc2)C(Cc2ccccc2)C(=O)NC2CCCC2)c1. The van der Waals surface area contributed by atoms with E-state index in [1.165, 1.54) is 29.2 Å². The molecule has 1 N–H and O–H groups in total. The Labute approximate surface area is 269 Å². The molecule has 0 bridgehead atoms. The average molecular weight is 644 g/mol. The van der Waals surface area contributed by atoms with Gasteiger partial charge in [0, 0.05) is 19.0 Å². The third-order valence-corrected chi connectivity index (χ3v) is 9.97. The number of nitrogens with one attached hydrogen (secondary N) is 1. The number of halogens is 1. The van der Waals surface area contributed by atoms with Crippen molar-refractivity contribution >= 4 is 27.5 Å². The number of ether oxygens (including phenoxy) is 1. The van der Waals surface area contributed by atoms with Crippen LogP contribution in [-0.2, 0) is 32.6 Å². The highest BCUT2D eigenvalue weighted by Crippen LogP contribution is 2.26. The molecule has 1 aliphatic rings. The number of anilines is 1. The molecular formula is C36H38FN3O5S. The van der Waals surface area contributed by atoms with E-state index < -0.39 is 34.3 Å². The predicted molar refractivity (Wildman–Crippen MR) is 175 cm³/mol. The molecule has 8 nitrogen and oxygen atoms in total. The first-order chi connectivity index (χ1) is 22.2. The van der Waals surface area contributed by atoms with Crippen molar-refractivity contribution in [2.24, 2.45) is 0 Å². The summed E-state index contributed by atoms with van der Waals surface area (Å²) >= 11 is 0. The number of sulfonamides is 1. The summed E-state index contributed by atoms with van der Waals surface area (Å²) in [5.41, 5.74) is 1.68. The van der Waals surface area contributed by atoms with E-state index in [-0.39, 0.29) is 35.5 Å². The minimum atomic E-state index is -4.26. The smallest absolute Gasteiger partial charge is 0.264 e. The largest absolute Gasteiger partial charge is 0.497 e. The molecule has 0 saturated heterocycles. The van der Waals surface area contributed by atoms with Crippen molar-refractivity contribution in [2.45, 2.75) is 55.6 Å². The minimum Gasteiger partial charge on any atom is -0.497 e. The lowest BCUT2D eigenvalue weighted by Crippen LogP contribution is -2.54. The van der Waals surface area contributed by atoms with Gasteiger partial charge in [-0.2, -0.15) is 0 Å². The van der Waals surface area contributed by atoms with E-state index in [2.05, 4.69) is 5.32 Å². The fourth-order valence-electron chi connectivity index (χ4n) is 5.74. The molecule has 0 aromatic heterocycles. The summed E-state index contributed by atoms with van der Waals surface area (Å²) in [4.78, 5) is 30.0. The van der Waals surface area contributed by atoms with E-state index >= 15 is 0 Å². The first-order valence-corrected chi connectivity index (χ1v) is 16.8. The Balaban J connectivity index is 1.56. The Kier molecular flexibility index (Phi) is 10.7. The number of hydrogen-bond acceptors (Lipinski definition) is 5. The van der Waals surface area contributed by atoms with Crippen molar-refractivity contribution in [1.82, 2.24) is 10.2 Å². The molecule has 10 heteroatoms. The Morgan fingerprint density at radius 2 is 1.50 bits per heavy atom. The fraction of sp³-hybridized carbons (Fsp3) is 0.278. The van der Waals surface area contributed by atoms with Crippen molar-refractivity contribution < 1.29 is 27.1 Å². The zero-order valence-corrected chi connectivity index (χ0v) is 26.5. The standard InChI is InChI=1S/C36H38FN3O5S/c1-45-32-16-10-13-28(23-32)25-39(34(24-27-11-4-2-5-12-27)36(42)38-30-14-8-9-15-30)35(41)26-40(31-21-19-29(37)20-22-31)46(43,44)33-17-6-3-7-18-33/h2-7,10-13,16-23,30,34H,8-9,14-15,24-26H2,1H3,(H,38,42). The summed E-state index contributed by atoms with van der Waals surface area (Å²) in [7, 11) is -2.71. The number of amides is 2. The van der Waals surface area contributed by atoms with Crippen LogP contribution in [0.15, 0.2) is 114 Å². The van der Waals surface area contributed by atoms with Gasteiger partial charge in [-0.05, 0) is 72.5 Å². The molecule has 0 spiro atoms. The van der Waals surface area contributed by atoms with Gasteiger partial charge in [0.05, 0.1) is 17.7 Å². The van der Waals surface area contributed by atoms with E-state index in [9.17, 15) is 22.4 Å². The molecule has 1 aliphatic carbocycles. The second-order valence-corrected chi connectivity index (χ2v) is 13.2. The van der Waals surface area contributed by atoms with Gasteiger partial charge in [0.15, 0.2) is 0 Å². The van der Waals surface area contributed by atoms with Gasteiger partial charge >= 0.3 is 0 Å². The number of methoxy groups -OCH3 is 1. The predicted octanol–water partition coefficient (Wildman–Crippen LogP) is 5.73. The zero-order valence-electron chi connectivity index (χ0n) is 25.7. The highest BCUT2D eigenvalue weighted by Gasteiger charge is 2.35. The summed E-state index contributed by atoms with van der Waals surface area (Å²) in [6, 6.07) is 28.4. The van der Waals surface area contributed by atoms with Gasteiger partial charge < -0.3 is 15.0 Å². The van der Waals surface area contributed by atoms with E-state index in [4.69, 9.17) is 4.74 Å². The lowest BCUT2D eigenvalue weighted by molar-refractivity contribution is -0.140. The quantitative estimate of drug-likeness (QED) is 0.201. The molecule has 0 heterocycles. The van der Waals surface area contributed by atoms with Gasteiger partial charge in [-0.3, -0.25) is 13.9 Å². The maximum absolute atomic E-state index is 14.5. The maximum atomic E-state index is 14.5. The number of benzene rings is 4. The molecule has 2 amide bonds. The van der Waals surface area contributed by atoms with Crippen LogP contribution in [0.5, 0.6) is 5.75 Å². The van der Waals surface area contributed by atoms with Gasteiger partial charge in [-0.15, -0.1) is 0 Å². The van der Waals surface area contributed by atoms with Gasteiger partial charge in [-0.25, -0.2) is 12.8 Å². The molecule has 1 saturated carbocycles. The highest BCUT2D eigenvalue weighted by atomic mass is 32.2. The number of carbonyl (C=O) groups is 2. The van der Waals surface area contributed by atoms with Gasteiger partial charge in [0.1, 0.15) is 24.2 Å². The second-order valence-electron chi connectivity index (χ2n) is 11.4. The summed E-state index contributed by atoms with van der Waals surface area (Å²) in [5, 5.41) is 3.16. The summed E-state index contributed by atoms with van der Waals surface area (Å²) in [6.07, 6.45) is 3.98. The van der Waals surface area contributed by atoms with Crippen LogP contribution in [0.3, 0.4) is 0 Å². The molecular weight excluding hydrogens is 605 g/mol. The molecule has 4 aromatic rings. The van der Waals surface area contributed by atoms with E-state index in [0.29, 0.717) is 11.3 Å². The number of nitrogens with zero attached hydrogens (tertiary/aromatic N) is 2. The summed E-state index contributed by atoms with van der Waals surface area (Å²) < 4.78 is 48.3. The van der Waals surface area contributed by atoms with Crippen LogP contribution in [0.25, 0.3) is 0 Å². The molecule has 0 aliphatic heterocycles. The molecule has 1 unspecified atom stereocenters. The topological polar surface area (TPSA) is 96.0 Å². The van der Waals surface area contributed by atoms with Crippen LogP contribution in [0.4, 0.5) is 10.1 Å². The molecule has 46 heavy (non-hydrogen) atoms. The average Bonchev–Trinajstić information content (AvgIpc) is 3.59. The number of carbonyl (C=O) groups excluding carboxylic acids is 2. The first-order valence-electron chi connectivity index (χ1n) is 15.3. The molecule has 5 rings (SSSR count). The molecule has 240 valence electrons. The summed E-state index contributed by atoms with van der Waals surface area (Å²) in [6.45, 7) is -0.594. The van der Waals surface area contributed by atoms with Crippen LogP contribution in [0, 0.1) is 5.82 Å². The van der Waals surface area contributed by atoms with Gasteiger partial charge in [0.25, 0.3) is 10.0 Å². The second kappa shape index (κ2) is 15.1. The van der Waals surface area contributed by atoms with E-state index in [1.54, 1.807) is 43.5 Å². The fourth-order valence-corrected chi connectivity index (χ4v) is 7.18. The monoisotopic (exact) mass is 643 g/mol. The highest BCUT2D eigenvalue weighted by molar-refractivity contribution is 7.92.